The van der Waals surface area contributed by atoms with Gasteiger partial charge in [-0.1, -0.05) is 32.0 Å². The Kier molecular flexibility index (Phi) is 7.01. The van der Waals surface area contributed by atoms with Gasteiger partial charge in [0.1, 0.15) is 5.82 Å². The molecule has 2 N–H and O–H groups in total. The van der Waals surface area contributed by atoms with E-state index in [1.165, 1.54) is 36.0 Å². The lowest BCUT2D eigenvalue weighted by Gasteiger charge is -2.13. The summed E-state index contributed by atoms with van der Waals surface area (Å²) in [5, 5.41) is 5.55. The lowest BCUT2D eigenvalue weighted by atomic mass is 10.0. The second-order valence-electron chi connectivity index (χ2n) is 5.84. The zero-order chi connectivity index (χ0) is 18.2. The van der Waals surface area contributed by atoms with Crippen molar-refractivity contribution < 1.29 is 14.0 Å². The molecule has 0 radical (unpaired) electrons. The minimum Gasteiger partial charge on any atom is -0.325 e. The second kappa shape index (κ2) is 9.22. The van der Waals surface area contributed by atoms with Gasteiger partial charge in [-0.25, -0.2) is 4.39 Å². The number of carbonyl (C=O) groups excluding carboxylic acids is 2. The highest BCUT2D eigenvalue weighted by atomic mass is 32.2. The van der Waals surface area contributed by atoms with Gasteiger partial charge in [-0.3, -0.25) is 9.59 Å². The molecule has 6 heteroatoms. The summed E-state index contributed by atoms with van der Waals surface area (Å²) >= 11 is 1.23. The first-order valence-electron chi connectivity index (χ1n) is 7.97. The van der Waals surface area contributed by atoms with Crippen molar-refractivity contribution >= 4 is 35.0 Å². The molecule has 2 aromatic rings. The van der Waals surface area contributed by atoms with Crippen LogP contribution in [-0.2, 0) is 9.59 Å². The maximum absolute atomic E-state index is 12.8. The molecule has 25 heavy (non-hydrogen) atoms. The van der Waals surface area contributed by atoms with Crippen LogP contribution in [0.1, 0.15) is 25.3 Å². The van der Waals surface area contributed by atoms with Gasteiger partial charge in [0.2, 0.25) is 11.8 Å². The maximum Gasteiger partial charge on any atom is 0.234 e. The highest BCUT2D eigenvalue weighted by Gasteiger charge is 2.10. The van der Waals surface area contributed by atoms with E-state index in [0.717, 1.165) is 11.3 Å². The van der Waals surface area contributed by atoms with Crippen molar-refractivity contribution in [2.24, 2.45) is 0 Å². The van der Waals surface area contributed by atoms with E-state index in [1.54, 1.807) is 0 Å². The number of halogens is 1. The van der Waals surface area contributed by atoms with Crippen LogP contribution in [0.5, 0.6) is 0 Å². The molecule has 132 valence electrons. The molecule has 0 aliphatic carbocycles. The van der Waals surface area contributed by atoms with Crippen LogP contribution in [-0.4, -0.2) is 23.3 Å². The molecule has 0 saturated heterocycles. The molecule has 0 saturated carbocycles. The predicted octanol–water partition coefficient (Wildman–Crippen LogP) is 4.26. The van der Waals surface area contributed by atoms with Crippen LogP contribution < -0.4 is 10.6 Å². The first kappa shape index (κ1) is 19.0. The summed E-state index contributed by atoms with van der Waals surface area (Å²) in [6.07, 6.45) is 0. The maximum atomic E-state index is 12.8. The van der Waals surface area contributed by atoms with Crippen LogP contribution in [0.25, 0.3) is 0 Å². The number of hydrogen-bond acceptors (Lipinski definition) is 3. The Balaban J connectivity index is 1.77. The van der Waals surface area contributed by atoms with E-state index < -0.39 is 0 Å². The van der Waals surface area contributed by atoms with E-state index >= 15 is 0 Å². The van der Waals surface area contributed by atoms with Crippen LogP contribution in [0.3, 0.4) is 0 Å². The number of carbonyl (C=O) groups is 2. The molecular weight excluding hydrogens is 339 g/mol. The van der Waals surface area contributed by atoms with Gasteiger partial charge in [-0.2, -0.15) is 0 Å². The van der Waals surface area contributed by atoms with Crippen LogP contribution in [0.15, 0.2) is 48.5 Å². The van der Waals surface area contributed by atoms with Gasteiger partial charge < -0.3 is 10.6 Å². The molecule has 0 fully saturated rings. The minimum atomic E-state index is -0.356. The lowest BCUT2D eigenvalue weighted by molar-refractivity contribution is -0.114. The summed E-state index contributed by atoms with van der Waals surface area (Å²) in [5.41, 5.74) is 2.41. The van der Waals surface area contributed by atoms with Gasteiger partial charge in [0.05, 0.1) is 11.5 Å². The number of nitrogens with one attached hydrogen (secondary N) is 2. The first-order chi connectivity index (χ1) is 12.0. The van der Waals surface area contributed by atoms with Gasteiger partial charge in [0, 0.05) is 11.4 Å². The highest BCUT2D eigenvalue weighted by Crippen LogP contribution is 2.23. The first-order valence-corrected chi connectivity index (χ1v) is 9.13. The summed E-state index contributed by atoms with van der Waals surface area (Å²) < 4.78 is 12.8. The summed E-state index contributed by atoms with van der Waals surface area (Å²) in [6.45, 7) is 4.14. The Labute approximate surface area is 151 Å². The van der Waals surface area contributed by atoms with E-state index in [1.807, 2.05) is 24.3 Å². The Morgan fingerprint density at radius 3 is 2.20 bits per heavy atom. The van der Waals surface area contributed by atoms with Gasteiger partial charge in [-0.15, -0.1) is 11.8 Å². The van der Waals surface area contributed by atoms with Crippen molar-refractivity contribution in [3.8, 4) is 0 Å². The molecule has 0 aromatic heterocycles. The molecule has 2 aromatic carbocycles. The second-order valence-corrected chi connectivity index (χ2v) is 6.82. The molecule has 0 unspecified atom stereocenters. The number of rotatable bonds is 7. The molecule has 2 rings (SSSR count). The summed E-state index contributed by atoms with van der Waals surface area (Å²) in [5.74, 6) is -0.0871. The molecular formula is C19H21FN2O2S. The molecule has 0 bridgehead atoms. The molecule has 0 aliphatic rings. The van der Waals surface area contributed by atoms with Gasteiger partial charge in [0.15, 0.2) is 0 Å². The van der Waals surface area contributed by atoms with Gasteiger partial charge in [-0.05, 0) is 41.8 Å². The zero-order valence-corrected chi connectivity index (χ0v) is 15.0. The Morgan fingerprint density at radius 2 is 1.56 bits per heavy atom. The number of hydrogen-bond donors (Lipinski definition) is 2. The van der Waals surface area contributed by atoms with Crippen molar-refractivity contribution in [1.29, 1.82) is 0 Å². The molecule has 0 spiro atoms. The number of para-hydroxylation sites is 1. The number of benzene rings is 2. The number of amides is 2. The molecule has 0 heterocycles. The highest BCUT2D eigenvalue weighted by molar-refractivity contribution is 8.00. The molecule has 4 nitrogen and oxygen atoms in total. The largest absolute Gasteiger partial charge is 0.325 e. The van der Waals surface area contributed by atoms with Crippen LogP contribution >= 0.6 is 11.8 Å². The third-order valence-corrected chi connectivity index (χ3v) is 4.38. The standard InChI is InChI=1S/C19H21FN2O2S/c1-13(2)16-5-3-4-6-17(16)22-19(24)12-25-11-18(23)21-15-9-7-14(20)8-10-15/h3-10,13H,11-12H2,1-2H3,(H,21,23)(H,22,24). The lowest BCUT2D eigenvalue weighted by Crippen LogP contribution is -2.19. The quantitative estimate of drug-likeness (QED) is 0.776. The fourth-order valence-electron chi connectivity index (χ4n) is 2.27. The van der Waals surface area contributed by atoms with Gasteiger partial charge in [0.25, 0.3) is 0 Å². The van der Waals surface area contributed by atoms with Crippen molar-refractivity contribution in [2.75, 3.05) is 22.1 Å². The summed E-state index contributed by atoms with van der Waals surface area (Å²) in [6, 6.07) is 13.2. The van der Waals surface area contributed by atoms with E-state index in [2.05, 4.69) is 24.5 Å². The monoisotopic (exact) mass is 360 g/mol. The average molecular weight is 360 g/mol. The Morgan fingerprint density at radius 1 is 0.960 bits per heavy atom. The average Bonchev–Trinajstić information content (AvgIpc) is 2.57. The number of anilines is 2. The van der Waals surface area contributed by atoms with E-state index in [-0.39, 0.29) is 29.1 Å². The molecule has 0 aliphatic heterocycles. The van der Waals surface area contributed by atoms with Crippen molar-refractivity contribution in [3.63, 3.8) is 0 Å². The van der Waals surface area contributed by atoms with Gasteiger partial charge >= 0.3 is 0 Å². The topological polar surface area (TPSA) is 58.2 Å². The predicted molar refractivity (Wildman–Crippen MR) is 102 cm³/mol. The van der Waals surface area contributed by atoms with E-state index in [0.29, 0.717) is 11.6 Å². The normalized spacial score (nSPS) is 10.6. The van der Waals surface area contributed by atoms with Crippen LogP contribution in [0.4, 0.5) is 15.8 Å². The smallest absolute Gasteiger partial charge is 0.234 e. The SMILES string of the molecule is CC(C)c1ccccc1NC(=O)CSCC(=O)Nc1ccc(F)cc1. The van der Waals surface area contributed by atoms with E-state index in [9.17, 15) is 14.0 Å². The molecule has 2 amide bonds. The third kappa shape index (κ3) is 6.23. The summed E-state index contributed by atoms with van der Waals surface area (Å²) in [7, 11) is 0. The van der Waals surface area contributed by atoms with Crippen LogP contribution in [0.2, 0.25) is 0 Å². The van der Waals surface area contributed by atoms with Crippen molar-refractivity contribution in [1.82, 2.24) is 0 Å². The van der Waals surface area contributed by atoms with E-state index in [4.69, 9.17) is 0 Å². The van der Waals surface area contributed by atoms with Crippen molar-refractivity contribution in [2.45, 2.75) is 19.8 Å². The minimum absolute atomic E-state index is 0.146. The van der Waals surface area contributed by atoms with Crippen LogP contribution in [0, 0.1) is 5.82 Å². The summed E-state index contributed by atoms with van der Waals surface area (Å²) in [4.78, 5) is 23.9. The molecule has 0 atom stereocenters. The third-order valence-electron chi connectivity index (χ3n) is 3.45. The zero-order valence-electron chi connectivity index (χ0n) is 14.2. The number of thioether (sulfide) groups is 1. The Bertz CT molecular complexity index is 732. The Hall–Kier alpha value is -2.34. The fourth-order valence-corrected chi connectivity index (χ4v) is 2.88. The fraction of sp³-hybridized carbons (Fsp3) is 0.263. The van der Waals surface area contributed by atoms with Crippen molar-refractivity contribution in [3.05, 3.63) is 59.9 Å².